The molecular weight excluding hydrogens is 530 g/mol. The third-order valence-electron chi connectivity index (χ3n) is 7.07. The average Bonchev–Trinajstić information content (AvgIpc) is 3.11. The topological polar surface area (TPSA) is 216 Å². The van der Waals surface area contributed by atoms with Crippen molar-refractivity contribution in [3.05, 3.63) is 57.2 Å². The summed E-state index contributed by atoms with van der Waals surface area (Å²) in [4.78, 5) is 51.3. The molecule has 4 rings (SSSR count). The van der Waals surface area contributed by atoms with Crippen molar-refractivity contribution in [3.8, 4) is 0 Å². The Morgan fingerprint density at radius 3 is 2.73 bits per heavy atom. The van der Waals surface area contributed by atoms with E-state index in [0.717, 1.165) is 29.7 Å². The summed E-state index contributed by atoms with van der Waals surface area (Å²) in [6.45, 7) is 6.03. The molecular formula is C25H35N5O10. The molecule has 40 heavy (non-hydrogen) atoms. The molecule has 9 unspecified atom stereocenters. The van der Waals surface area contributed by atoms with Crippen LogP contribution in [-0.2, 0) is 28.5 Å². The fraction of sp³-hybridized carbons (Fsp3) is 0.600. The van der Waals surface area contributed by atoms with Crippen LogP contribution in [0.5, 0.6) is 0 Å². The maximum atomic E-state index is 13.0. The van der Waals surface area contributed by atoms with Gasteiger partial charge in [0.2, 0.25) is 12.2 Å². The number of aromatic amines is 1. The third-order valence-corrected chi connectivity index (χ3v) is 7.07. The van der Waals surface area contributed by atoms with Crippen molar-refractivity contribution in [1.82, 2.24) is 20.2 Å². The summed E-state index contributed by atoms with van der Waals surface area (Å²) in [7, 11) is 1.25. The average molecular weight is 566 g/mol. The summed E-state index contributed by atoms with van der Waals surface area (Å²) < 4.78 is 23.5. The number of nitrogens with zero attached hydrogens (tertiary/aromatic N) is 1. The van der Waals surface area contributed by atoms with Crippen molar-refractivity contribution in [2.24, 2.45) is 5.73 Å². The number of nitrogens with one attached hydrogen (secondary N) is 3. The number of aliphatic hydroxyl groups excluding tert-OH is 2. The van der Waals surface area contributed by atoms with Crippen molar-refractivity contribution < 1.29 is 38.7 Å². The molecule has 0 saturated carbocycles. The predicted molar refractivity (Wildman–Crippen MR) is 137 cm³/mol. The van der Waals surface area contributed by atoms with E-state index >= 15 is 0 Å². The minimum atomic E-state index is -1.59. The van der Waals surface area contributed by atoms with E-state index < -0.39 is 66.1 Å². The Balaban J connectivity index is 1.48. The van der Waals surface area contributed by atoms with Crippen LogP contribution < -0.4 is 27.6 Å². The first-order chi connectivity index (χ1) is 19.0. The minimum Gasteiger partial charge on any atom is -0.459 e. The van der Waals surface area contributed by atoms with E-state index in [-0.39, 0.29) is 24.3 Å². The highest BCUT2D eigenvalue weighted by Crippen LogP contribution is 2.34. The molecule has 15 heteroatoms. The van der Waals surface area contributed by atoms with E-state index in [1.165, 1.54) is 13.2 Å². The van der Waals surface area contributed by atoms with Gasteiger partial charge in [-0.2, -0.15) is 0 Å². The number of aromatic nitrogens is 2. The molecule has 1 aromatic heterocycles. The van der Waals surface area contributed by atoms with E-state index in [4.69, 9.17) is 24.7 Å². The SMILES string of the molecule is C=C1NC(C)CCCC1NC(=O)C1=CC(O)CC(OC(C(N)=O)C2OC(n3ccc(=O)[nH]c3=O)C(O)C2OC)O1. The zero-order chi connectivity index (χ0) is 29.1. The maximum Gasteiger partial charge on any atom is 0.330 e. The van der Waals surface area contributed by atoms with Gasteiger partial charge in [0.15, 0.2) is 18.1 Å². The van der Waals surface area contributed by atoms with E-state index in [1.807, 2.05) is 6.92 Å². The molecule has 0 bridgehead atoms. The molecule has 2 amide bonds. The zero-order valence-corrected chi connectivity index (χ0v) is 22.1. The lowest BCUT2D eigenvalue weighted by molar-refractivity contribution is -0.208. The second-order valence-corrected chi connectivity index (χ2v) is 10.1. The van der Waals surface area contributed by atoms with Gasteiger partial charge in [-0.1, -0.05) is 6.58 Å². The number of ether oxygens (including phenoxy) is 4. The number of methoxy groups -OCH3 is 1. The van der Waals surface area contributed by atoms with Gasteiger partial charge in [0.05, 0.1) is 12.1 Å². The fourth-order valence-corrected chi connectivity index (χ4v) is 5.08. The van der Waals surface area contributed by atoms with Gasteiger partial charge in [-0.25, -0.2) is 4.79 Å². The largest absolute Gasteiger partial charge is 0.459 e. The Labute approximate surface area is 228 Å². The van der Waals surface area contributed by atoms with Crippen molar-refractivity contribution >= 4 is 11.8 Å². The zero-order valence-electron chi connectivity index (χ0n) is 22.1. The highest BCUT2D eigenvalue weighted by atomic mass is 16.7. The molecule has 15 nitrogen and oxygen atoms in total. The predicted octanol–water partition coefficient (Wildman–Crippen LogP) is -2.17. The van der Waals surface area contributed by atoms with Crippen molar-refractivity contribution in [1.29, 1.82) is 0 Å². The number of amides is 2. The van der Waals surface area contributed by atoms with Crippen LogP contribution in [0.1, 0.15) is 38.8 Å². The molecule has 0 aromatic carbocycles. The van der Waals surface area contributed by atoms with Crippen LogP contribution in [0.4, 0.5) is 0 Å². The molecule has 1 aromatic rings. The van der Waals surface area contributed by atoms with Gasteiger partial charge < -0.3 is 45.5 Å². The van der Waals surface area contributed by atoms with Crippen LogP contribution in [0.25, 0.3) is 0 Å². The van der Waals surface area contributed by atoms with Crippen LogP contribution in [0, 0.1) is 0 Å². The standard InChI is InChI=1S/C25H35N5O10/c1-11-5-4-6-14(12(2)27-11)28-23(35)15-9-13(31)10-17(38-15)39-21(22(26)34)20-19(37-3)18(33)24(40-20)30-8-7-16(32)29-25(30)36/h7-9,11,13-14,17-21,24,27,31,33H,2,4-6,10H2,1,3H3,(H2,26,34)(H,28,35)(H,29,32,36). The monoisotopic (exact) mass is 565 g/mol. The summed E-state index contributed by atoms with van der Waals surface area (Å²) in [5.74, 6) is -1.84. The molecule has 4 heterocycles. The fourth-order valence-electron chi connectivity index (χ4n) is 5.08. The summed E-state index contributed by atoms with van der Waals surface area (Å²) in [6.07, 6.45) is -4.71. The highest BCUT2D eigenvalue weighted by Gasteiger charge is 2.51. The van der Waals surface area contributed by atoms with E-state index in [1.54, 1.807) is 0 Å². The van der Waals surface area contributed by atoms with Gasteiger partial charge >= 0.3 is 5.69 Å². The first-order valence-corrected chi connectivity index (χ1v) is 12.9. The number of nitrogens with two attached hydrogens (primary N) is 1. The molecule has 220 valence electrons. The van der Waals surface area contributed by atoms with Gasteiger partial charge in [0, 0.05) is 37.5 Å². The number of H-pyrrole nitrogens is 1. The molecule has 0 aliphatic carbocycles. The molecule has 3 aliphatic heterocycles. The van der Waals surface area contributed by atoms with Gasteiger partial charge in [-0.15, -0.1) is 0 Å². The lowest BCUT2D eigenvalue weighted by Crippen LogP contribution is -2.50. The number of carbonyl (C=O) groups is 2. The number of carbonyl (C=O) groups excluding carboxylic acids is 2. The van der Waals surface area contributed by atoms with Gasteiger partial charge in [0.1, 0.15) is 18.3 Å². The first-order valence-electron chi connectivity index (χ1n) is 12.9. The molecule has 2 fully saturated rings. The quantitative estimate of drug-likeness (QED) is 0.199. The Bertz CT molecular complexity index is 1260. The maximum absolute atomic E-state index is 13.0. The number of rotatable bonds is 8. The second-order valence-electron chi connectivity index (χ2n) is 10.1. The Hall–Kier alpha value is -3.50. The van der Waals surface area contributed by atoms with Crippen LogP contribution >= 0.6 is 0 Å². The summed E-state index contributed by atoms with van der Waals surface area (Å²) in [5.41, 5.74) is 4.75. The van der Waals surface area contributed by atoms with Crippen LogP contribution in [-0.4, -0.2) is 87.6 Å². The van der Waals surface area contributed by atoms with Crippen molar-refractivity contribution in [3.63, 3.8) is 0 Å². The van der Waals surface area contributed by atoms with Gasteiger partial charge in [-0.05, 0) is 32.3 Å². The van der Waals surface area contributed by atoms with Gasteiger partial charge in [-0.3, -0.25) is 23.9 Å². The summed E-state index contributed by atoms with van der Waals surface area (Å²) >= 11 is 0. The summed E-state index contributed by atoms with van der Waals surface area (Å²) in [6, 6.07) is 0.925. The molecule has 9 atom stereocenters. The summed E-state index contributed by atoms with van der Waals surface area (Å²) in [5, 5.41) is 27.3. The first kappa shape index (κ1) is 29.5. The third kappa shape index (κ3) is 6.45. The number of hydrogen-bond acceptors (Lipinski definition) is 11. The Morgan fingerprint density at radius 2 is 2.05 bits per heavy atom. The van der Waals surface area contributed by atoms with E-state index in [9.17, 15) is 29.4 Å². The molecule has 2 saturated heterocycles. The molecule has 3 aliphatic rings. The lowest BCUT2D eigenvalue weighted by atomic mass is 10.0. The Kier molecular flexibility index (Phi) is 9.10. The molecule has 7 N–H and O–H groups in total. The lowest BCUT2D eigenvalue weighted by Gasteiger charge is -2.32. The number of primary amides is 1. The number of aliphatic hydroxyl groups is 2. The normalized spacial score (nSPS) is 33.2. The smallest absolute Gasteiger partial charge is 0.330 e. The van der Waals surface area contributed by atoms with Crippen molar-refractivity contribution in [2.75, 3.05) is 7.11 Å². The van der Waals surface area contributed by atoms with E-state index in [0.29, 0.717) is 12.1 Å². The molecule has 0 radical (unpaired) electrons. The Morgan fingerprint density at radius 1 is 1.30 bits per heavy atom. The highest BCUT2D eigenvalue weighted by molar-refractivity contribution is 5.92. The van der Waals surface area contributed by atoms with Crippen molar-refractivity contribution in [2.45, 2.75) is 87.7 Å². The second kappa shape index (κ2) is 12.3. The number of hydrogen-bond donors (Lipinski definition) is 6. The van der Waals surface area contributed by atoms with Crippen LogP contribution in [0.3, 0.4) is 0 Å². The van der Waals surface area contributed by atoms with Gasteiger partial charge in [0.25, 0.3) is 11.5 Å². The van der Waals surface area contributed by atoms with Crippen LogP contribution in [0.2, 0.25) is 0 Å². The minimum absolute atomic E-state index is 0.147. The van der Waals surface area contributed by atoms with E-state index in [2.05, 4.69) is 22.2 Å². The molecule has 0 spiro atoms. The van der Waals surface area contributed by atoms with Crippen LogP contribution in [0.15, 0.2) is 46.0 Å².